The first-order valence-electron chi connectivity index (χ1n) is 5.46. The van der Waals surface area contributed by atoms with E-state index in [1.807, 2.05) is 0 Å². The predicted molar refractivity (Wildman–Crippen MR) is 62.5 cm³/mol. The topological polar surface area (TPSA) is 137 Å². The van der Waals surface area contributed by atoms with Gasteiger partial charge in [0.2, 0.25) is 0 Å². The summed E-state index contributed by atoms with van der Waals surface area (Å²) in [4.78, 5) is 15.3. The molecule has 1 fully saturated rings. The van der Waals surface area contributed by atoms with Crippen molar-refractivity contribution in [1.29, 1.82) is 0 Å². The van der Waals surface area contributed by atoms with Crippen molar-refractivity contribution in [3.63, 3.8) is 0 Å². The molecule has 100 valence electrons. The fourth-order valence-corrected chi connectivity index (χ4v) is 2.05. The van der Waals surface area contributed by atoms with Crippen molar-refractivity contribution < 1.29 is 14.9 Å². The highest BCUT2D eigenvalue weighted by Crippen LogP contribution is 2.35. The van der Waals surface area contributed by atoms with Gasteiger partial charge in [0.15, 0.2) is 6.23 Å². The lowest BCUT2D eigenvalue weighted by atomic mass is 9.93. The van der Waals surface area contributed by atoms with Gasteiger partial charge >= 0.3 is 5.69 Å². The summed E-state index contributed by atoms with van der Waals surface area (Å²) < 4.78 is 6.55. The Morgan fingerprint density at radius 2 is 2.33 bits per heavy atom. The third kappa shape index (κ3) is 1.89. The SMILES string of the molecule is C[C@@]1(N)[C@H](O)[C@@H](CO)O[C@H]1n1ccc(N)nc1=O. The van der Waals surface area contributed by atoms with Crippen LogP contribution in [-0.2, 0) is 4.74 Å². The van der Waals surface area contributed by atoms with E-state index in [1.54, 1.807) is 6.92 Å². The molecule has 0 unspecified atom stereocenters. The van der Waals surface area contributed by atoms with E-state index in [2.05, 4.69) is 4.98 Å². The summed E-state index contributed by atoms with van der Waals surface area (Å²) in [6.07, 6.45) is -1.44. The lowest BCUT2D eigenvalue weighted by Crippen LogP contribution is -2.53. The first-order valence-corrected chi connectivity index (χ1v) is 5.46. The molecule has 0 bridgehead atoms. The van der Waals surface area contributed by atoms with Gasteiger partial charge in [-0.15, -0.1) is 0 Å². The summed E-state index contributed by atoms with van der Waals surface area (Å²) in [5.41, 5.74) is 9.52. The summed E-state index contributed by atoms with van der Waals surface area (Å²) in [6, 6.07) is 1.43. The van der Waals surface area contributed by atoms with Gasteiger partial charge in [-0.1, -0.05) is 0 Å². The smallest absolute Gasteiger partial charge is 0.351 e. The van der Waals surface area contributed by atoms with Crippen molar-refractivity contribution in [3.05, 3.63) is 22.7 Å². The number of aliphatic hydroxyl groups is 2. The highest BCUT2D eigenvalue weighted by Gasteiger charge is 2.51. The van der Waals surface area contributed by atoms with Crippen LogP contribution in [0.25, 0.3) is 0 Å². The molecule has 8 heteroatoms. The van der Waals surface area contributed by atoms with Crippen LogP contribution in [0.5, 0.6) is 0 Å². The predicted octanol–water partition coefficient (Wildman–Crippen LogP) is -2.21. The van der Waals surface area contributed by atoms with E-state index in [4.69, 9.17) is 21.3 Å². The summed E-state index contributed by atoms with van der Waals surface area (Å²) in [5, 5.41) is 19.0. The minimum absolute atomic E-state index is 0.0900. The van der Waals surface area contributed by atoms with Gasteiger partial charge in [0.1, 0.15) is 18.0 Å². The third-order valence-electron chi connectivity index (χ3n) is 3.11. The molecule has 18 heavy (non-hydrogen) atoms. The molecule has 4 atom stereocenters. The maximum Gasteiger partial charge on any atom is 0.351 e. The van der Waals surface area contributed by atoms with Crippen LogP contribution in [0.2, 0.25) is 0 Å². The molecule has 0 aliphatic carbocycles. The van der Waals surface area contributed by atoms with Crippen molar-refractivity contribution in [2.75, 3.05) is 12.3 Å². The molecule has 6 N–H and O–H groups in total. The number of anilines is 1. The Kier molecular flexibility index (Phi) is 3.11. The Morgan fingerprint density at radius 1 is 1.67 bits per heavy atom. The van der Waals surface area contributed by atoms with Gasteiger partial charge in [0.25, 0.3) is 0 Å². The number of rotatable bonds is 2. The second kappa shape index (κ2) is 4.32. The minimum Gasteiger partial charge on any atom is -0.394 e. The van der Waals surface area contributed by atoms with E-state index < -0.39 is 29.7 Å². The number of hydrogen-bond acceptors (Lipinski definition) is 7. The normalized spacial score (nSPS) is 35.9. The number of aliphatic hydroxyl groups excluding tert-OH is 2. The maximum atomic E-state index is 11.7. The van der Waals surface area contributed by atoms with Crippen LogP contribution in [0.15, 0.2) is 17.1 Å². The Labute approximate surface area is 103 Å². The van der Waals surface area contributed by atoms with Gasteiger partial charge in [-0.2, -0.15) is 4.98 Å². The fraction of sp³-hybridized carbons (Fsp3) is 0.600. The van der Waals surface area contributed by atoms with Crippen LogP contribution >= 0.6 is 0 Å². The second-order valence-corrected chi connectivity index (χ2v) is 4.56. The number of hydrogen-bond donors (Lipinski definition) is 4. The Bertz CT molecular complexity index is 501. The molecule has 1 aliphatic heterocycles. The molecule has 0 saturated carbocycles. The zero-order chi connectivity index (χ0) is 13.5. The molecule has 0 spiro atoms. The van der Waals surface area contributed by atoms with E-state index in [-0.39, 0.29) is 12.4 Å². The molecule has 0 radical (unpaired) electrons. The quantitative estimate of drug-likeness (QED) is 0.471. The highest BCUT2D eigenvalue weighted by molar-refractivity contribution is 5.24. The lowest BCUT2D eigenvalue weighted by molar-refractivity contribution is -0.0486. The van der Waals surface area contributed by atoms with E-state index in [9.17, 15) is 9.90 Å². The van der Waals surface area contributed by atoms with E-state index in [1.165, 1.54) is 12.3 Å². The molecule has 2 rings (SSSR count). The number of nitrogens with zero attached hydrogens (tertiary/aromatic N) is 2. The molecule has 1 saturated heterocycles. The first-order chi connectivity index (χ1) is 8.37. The second-order valence-electron chi connectivity index (χ2n) is 4.56. The van der Waals surface area contributed by atoms with Crippen molar-refractivity contribution in [2.45, 2.75) is 30.9 Å². The van der Waals surface area contributed by atoms with Crippen molar-refractivity contribution in [1.82, 2.24) is 9.55 Å². The minimum atomic E-state index is -1.21. The average Bonchev–Trinajstić information content (AvgIpc) is 2.52. The van der Waals surface area contributed by atoms with Gasteiger partial charge in [0, 0.05) is 6.20 Å². The number of nitrogens with two attached hydrogens (primary N) is 2. The Balaban J connectivity index is 2.42. The van der Waals surface area contributed by atoms with Gasteiger partial charge in [0.05, 0.1) is 12.1 Å². The van der Waals surface area contributed by atoms with Crippen LogP contribution in [0, 0.1) is 0 Å². The van der Waals surface area contributed by atoms with E-state index in [0.29, 0.717) is 0 Å². The Morgan fingerprint density at radius 3 is 2.83 bits per heavy atom. The van der Waals surface area contributed by atoms with Crippen LogP contribution in [-0.4, -0.2) is 44.1 Å². The number of aromatic nitrogens is 2. The van der Waals surface area contributed by atoms with Crippen LogP contribution < -0.4 is 17.2 Å². The monoisotopic (exact) mass is 256 g/mol. The average molecular weight is 256 g/mol. The third-order valence-corrected chi connectivity index (χ3v) is 3.11. The van der Waals surface area contributed by atoms with Crippen LogP contribution in [0.4, 0.5) is 5.82 Å². The van der Waals surface area contributed by atoms with Gasteiger partial charge < -0.3 is 26.4 Å². The molecule has 0 aromatic carbocycles. The zero-order valence-corrected chi connectivity index (χ0v) is 9.85. The summed E-state index contributed by atoms with van der Waals surface area (Å²) in [5.74, 6) is 0.0900. The molecule has 0 amide bonds. The highest BCUT2D eigenvalue weighted by atomic mass is 16.5. The van der Waals surface area contributed by atoms with E-state index >= 15 is 0 Å². The molecule has 2 heterocycles. The standard InChI is InChI=1S/C10H16N4O4/c1-10(12)7(16)5(4-15)18-8(10)14-3-2-6(11)13-9(14)17/h2-3,5,7-8,15-16H,4,12H2,1H3,(H2,11,13,17)/t5-,7-,8-,10-/m1/s1. The molecule has 8 nitrogen and oxygen atoms in total. The zero-order valence-electron chi connectivity index (χ0n) is 9.85. The molecule has 1 aromatic heterocycles. The summed E-state index contributed by atoms with van der Waals surface area (Å²) in [7, 11) is 0. The van der Waals surface area contributed by atoms with Crippen molar-refractivity contribution in [2.24, 2.45) is 5.73 Å². The fourth-order valence-electron chi connectivity index (χ4n) is 2.05. The molecule has 1 aliphatic rings. The largest absolute Gasteiger partial charge is 0.394 e. The Hall–Kier alpha value is -1.48. The first kappa shape index (κ1) is 13.0. The number of nitrogen functional groups attached to an aromatic ring is 1. The maximum absolute atomic E-state index is 11.7. The van der Waals surface area contributed by atoms with Crippen molar-refractivity contribution >= 4 is 5.82 Å². The van der Waals surface area contributed by atoms with Gasteiger partial charge in [-0.05, 0) is 13.0 Å². The molecule has 1 aromatic rings. The molecular formula is C10H16N4O4. The van der Waals surface area contributed by atoms with Gasteiger partial charge in [-0.3, -0.25) is 4.57 Å². The van der Waals surface area contributed by atoms with E-state index in [0.717, 1.165) is 4.57 Å². The lowest BCUT2D eigenvalue weighted by Gasteiger charge is -2.28. The molecular weight excluding hydrogens is 240 g/mol. The van der Waals surface area contributed by atoms with Gasteiger partial charge in [-0.25, -0.2) is 4.79 Å². The number of ether oxygens (including phenoxy) is 1. The summed E-state index contributed by atoms with van der Waals surface area (Å²) >= 11 is 0. The van der Waals surface area contributed by atoms with Crippen LogP contribution in [0.1, 0.15) is 13.2 Å². The van der Waals surface area contributed by atoms with Crippen LogP contribution in [0.3, 0.4) is 0 Å². The summed E-state index contributed by atoms with van der Waals surface area (Å²) in [6.45, 7) is 1.16. The van der Waals surface area contributed by atoms with Crippen molar-refractivity contribution in [3.8, 4) is 0 Å².